The molecule has 1 saturated heterocycles. The number of guanidine groups is 1. The molecule has 31 heavy (non-hydrogen) atoms. The average molecular weight is 447 g/mol. The number of aliphatic imine (C=N–C) groups is 1. The van der Waals surface area contributed by atoms with Crippen molar-refractivity contribution in [2.75, 3.05) is 34.4 Å². The number of ether oxygens (including phenoxy) is 2. The second-order valence-electron chi connectivity index (χ2n) is 7.21. The van der Waals surface area contributed by atoms with Crippen LogP contribution in [0.25, 0.3) is 0 Å². The van der Waals surface area contributed by atoms with Crippen LogP contribution in [0.1, 0.15) is 24.0 Å². The van der Waals surface area contributed by atoms with E-state index in [0.29, 0.717) is 37.0 Å². The molecule has 1 fully saturated rings. The topological polar surface area (TPSA) is 92.3 Å². The van der Waals surface area contributed by atoms with Crippen molar-refractivity contribution in [1.29, 1.82) is 0 Å². The molecule has 9 heteroatoms. The van der Waals surface area contributed by atoms with Crippen molar-refractivity contribution in [2.45, 2.75) is 30.8 Å². The van der Waals surface area contributed by atoms with E-state index in [0.717, 1.165) is 35.5 Å². The van der Waals surface area contributed by atoms with Gasteiger partial charge in [0.15, 0.2) is 5.96 Å². The smallest absolute Gasteiger partial charge is 0.243 e. The van der Waals surface area contributed by atoms with Gasteiger partial charge >= 0.3 is 0 Å². The Morgan fingerprint density at radius 2 is 1.68 bits per heavy atom. The molecule has 0 bridgehead atoms. The van der Waals surface area contributed by atoms with E-state index in [-0.39, 0.29) is 0 Å². The van der Waals surface area contributed by atoms with Crippen molar-refractivity contribution >= 4 is 16.0 Å². The zero-order chi connectivity index (χ0) is 22.3. The molecule has 3 rings (SSSR count). The Hall–Kier alpha value is -2.78. The number of sulfonamides is 1. The first-order valence-corrected chi connectivity index (χ1v) is 11.7. The van der Waals surface area contributed by atoms with Crippen molar-refractivity contribution in [2.24, 2.45) is 4.99 Å². The minimum absolute atomic E-state index is 0.340. The molecule has 0 saturated carbocycles. The number of hydrogen-bond donors (Lipinski definition) is 2. The zero-order valence-electron chi connectivity index (χ0n) is 18.2. The van der Waals surface area contributed by atoms with Gasteiger partial charge in [-0.3, -0.25) is 4.99 Å². The van der Waals surface area contributed by atoms with Crippen LogP contribution < -0.4 is 20.1 Å². The minimum Gasteiger partial charge on any atom is -0.497 e. The maximum Gasteiger partial charge on any atom is 0.243 e. The average Bonchev–Trinajstić information content (AvgIpc) is 3.35. The van der Waals surface area contributed by atoms with Crippen LogP contribution in [0.4, 0.5) is 0 Å². The third-order valence-corrected chi connectivity index (χ3v) is 7.16. The summed E-state index contributed by atoms with van der Waals surface area (Å²) in [7, 11) is 1.56. The highest BCUT2D eigenvalue weighted by Crippen LogP contribution is 2.24. The molecule has 2 aromatic carbocycles. The van der Waals surface area contributed by atoms with Crippen molar-refractivity contribution in [3.8, 4) is 11.5 Å². The summed E-state index contributed by atoms with van der Waals surface area (Å²) in [5, 5.41) is 6.50. The Morgan fingerprint density at radius 3 is 2.29 bits per heavy atom. The van der Waals surface area contributed by atoms with Gasteiger partial charge in [-0.05, 0) is 42.7 Å². The quantitative estimate of drug-likeness (QED) is 0.478. The van der Waals surface area contributed by atoms with Crippen molar-refractivity contribution < 1.29 is 17.9 Å². The predicted molar refractivity (Wildman–Crippen MR) is 121 cm³/mol. The molecule has 168 valence electrons. The Bertz CT molecular complexity index is 1000. The van der Waals surface area contributed by atoms with Gasteiger partial charge in [0, 0.05) is 44.9 Å². The number of nitrogens with one attached hydrogen (secondary N) is 2. The fraction of sp³-hybridized carbons (Fsp3) is 0.409. The van der Waals surface area contributed by atoms with E-state index in [1.807, 2.05) is 30.3 Å². The van der Waals surface area contributed by atoms with Gasteiger partial charge in [-0.15, -0.1) is 0 Å². The molecule has 0 unspecified atom stereocenters. The lowest BCUT2D eigenvalue weighted by Gasteiger charge is -2.16. The van der Waals surface area contributed by atoms with Crippen LogP contribution >= 0.6 is 0 Å². The van der Waals surface area contributed by atoms with Crippen LogP contribution in [0, 0.1) is 0 Å². The standard InChI is InChI=1S/C22H30N4O4S/c1-23-22(25-16-18-8-9-19(29-2)14-21(18)30-3)24-15-17-6-10-20(11-7-17)31(27,28)26-12-4-5-13-26/h6-11,14H,4-5,12-13,15-16H2,1-3H3,(H2,23,24,25). The molecule has 1 heterocycles. The van der Waals surface area contributed by atoms with Gasteiger partial charge in [0.05, 0.1) is 19.1 Å². The highest BCUT2D eigenvalue weighted by atomic mass is 32.2. The van der Waals surface area contributed by atoms with E-state index in [4.69, 9.17) is 9.47 Å². The van der Waals surface area contributed by atoms with E-state index < -0.39 is 10.0 Å². The number of nitrogens with zero attached hydrogens (tertiary/aromatic N) is 2. The normalized spacial score (nSPS) is 15.0. The highest BCUT2D eigenvalue weighted by molar-refractivity contribution is 7.89. The Labute approximate surface area is 184 Å². The van der Waals surface area contributed by atoms with Crippen molar-refractivity contribution in [3.05, 3.63) is 53.6 Å². The van der Waals surface area contributed by atoms with Gasteiger partial charge in [0.1, 0.15) is 11.5 Å². The van der Waals surface area contributed by atoms with Gasteiger partial charge in [0.2, 0.25) is 10.0 Å². The summed E-state index contributed by atoms with van der Waals surface area (Å²) < 4.78 is 37.5. The monoisotopic (exact) mass is 446 g/mol. The largest absolute Gasteiger partial charge is 0.497 e. The summed E-state index contributed by atoms with van der Waals surface area (Å²) in [5.41, 5.74) is 1.94. The molecule has 0 aromatic heterocycles. The second-order valence-corrected chi connectivity index (χ2v) is 9.15. The van der Waals surface area contributed by atoms with Gasteiger partial charge in [0.25, 0.3) is 0 Å². The first-order chi connectivity index (χ1) is 15.0. The van der Waals surface area contributed by atoms with Crippen molar-refractivity contribution in [1.82, 2.24) is 14.9 Å². The van der Waals surface area contributed by atoms with E-state index in [1.165, 1.54) is 0 Å². The molecular weight excluding hydrogens is 416 g/mol. The van der Waals surface area contributed by atoms with Crippen molar-refractivity contribution in [3.63, 3.8) is 0 Å². The van der Waals surface area contributed by atoms with Crippen LogP contribution in [-0.2, 0) is 23.1 Å². The fourth-order valence-corrected chi connectivity index (χ4v) is 4.96. The number of hydrogen-bond acceptors (Lipinski definition) is 5. The molecule has 0 aliphatic carbocycles. The molecule has 0 radical (unpaired) electrons. The Morgan fingerprint density at radius 1 is 1.00 bits per heavy atom. The summed E-state index contributed by atoms with van der Waals surface area (Å²) in [6.07, 6.45) is 1.85. The molecule has 1 aliphatic rings. The van der Waals surface area contributed by atoms with Gasteiger partial charge in [-0.2, -0.15) is 4.31 Å². The van der Waals surface area contributed by atoms with E-state index in [9.17, 15) is 8.42 Å². The minimum atomic E-state index is -3.39. The zero-order valence-corrected chi connectivity index (χ0v) is 19.0. The van der Waals surface area contributed by atoms with E-state index >= 15 is 0 Å². The molecule has 8 nitrogen and oxygen atoms in total. The first-order valence-electron chi connectivity index (χ1n) is 10.2. The lowest BCUT2D eigenvalue weighted by atomic mass is 10.2. The lowest BCUT2D eigenvalue weighted by molar-refractivity contribution is 0.390. The van der Waals surface area contributed by atoms with Gasteiger partial charge in [-0.25, -0.2) is 8.42 Å². The molecular formula is C22H30N4O4S. The van der Waals surface area contributed by atoms with Crippen LogP contribution in [0.3, 0.4) is 0 Å². The molecule has 0 atom stereocenters. The first kappa shape index (κ1) is 22.9. The Balaban J connectivity index is 1.56. The third kappa shape index (κ3) is 5.68. The van der Waals surface area contributed by atoms with Crippen LogP contribution in [0.5, 0.6) is 11.5 Å². The third-order valence-electron chi connectivity index (χ3n) is 5.25. The maximum atomic E-state index is 12.6. The molecule has 2 aromatic rings. The summed E-state index contributed by atoms with van der Waals surface area (Å²) in [6, 6.07) is 12.7. The molecule has 0 amide bonds. The highest BCUT2D eigenvalue weighted by Gasteiger charge is 2.26. The fourth-order valence-electron chi connectivity index (χ4n) is 3.44. The molecule has 1 aliphatic heterocycles. The van der Waals surface area contributed by atoms with Crippen LogP contribution in [0.2, 0.25) is 0 Å². The number of rotatable bonds is 8. The predicted octanol–water partition coefficient (Wildman–Crippen LogP) is 2.35. The van der Waals surface area contributed by atoms with Gasteiger partial charge in [-0.1, -0.05) is 12.1 Å². The van der Waals surface area contributed by atoms with E-state index in [2.05, 4.69) is 15.6 Å². The van der Waals surface area contributed by atoms with Crippen LogP contribution in [0.15, 0.2) is 52.4 Å². The molecule has 0 spiro atoms. The number of benzene rings is 2. The summed E-state index contributed by atoms with van der Waals surface area (Å²) in [6.45, 7) is 2.25. The number of methoxy groups -OCH3 is 2. The summed E-state index contributed by atoms with van der Waals surface area (Å²) in [5.74, 6) is 2.10. The SMILES string of the molecule is CN=C(NCc1ccc(S(=O)(=O)N2CCCC2)cc1)NCc1ccc(OC)cc1OC. The molecule has 2 N–H and O–H groups in total. The summed E-state index contributed by atoms with van der Waals surface area (Å²) >= 11 is 0. The second kappa shape index (κ2) is 10.5. The van der Waals surface area contributed by atoms with E-state index in [1.54, 1.807) is 37.7 Å². The van der Waals surface area contributed by atoms with Gasteiger partial charge < -0.3 is 20.1 Å². The maximum absolute atomic E-state index is 12.6. The Kier molecular flexibility index (Phi) is 7.75. The lowest BCUT2D eigenvalue weighted by Crippen LogP contribution is -2.36. The summed E-state index contributed by atoms with van der Waals surface area (Å²) in [4.78, 5) is 4.58. The van der Waals surface area contributed by atoms with Crippen LogP contribution in [-0.4, -0.2) is 53.0 Å².